The molecule has 3 nitrogen and oxygen atoms in total. The van der Waals surface area contributed by atoms with Crippen molar-refractivity contribution >= 4 is 0 Å². The van der Waals surface area contributed by atoms with E-state index in [0.717, 1.165) is 17.9 Å². The molecule has 0 radical (unpaired) electrons. The summed E-state index contributed by atoms with van der Waals surface area (Å²) in [4.78, 5) is 9.16. The minimum absolute atomic E-state index is 0.272. The maximum Gasteiger partial charge on any atom is 0.132 e. The molecule has 1 aliphatic rings. The lowest BCUT2D eigenvalue weighted by atomic mass is 10.1. The minimum atomic E-state index is 0.272. The molecule has 1 aliphatic carbocycles. The van der Waals surface area contributed by atoms with Crippen LogP contribution in [0.25, 0.3) is 0 Å². The van der Waals surface area contributed by atoms with E-state index in [1.54, 1.807) is 0 Å². The molecule has 1 saturated carbocycles. The third-order valence-corrected chi connectivity index (χ3v) is 2.97. The van der Waals surface area contributed by atoms with Crippen LogP contribution >= 0.6 is 0 Å². The third kappa shape index (κ3) is 2.34. The molecule has 0 bridgehead atoms. The van der Waals surface area contributed by atoms with Crippen LogP contribution < -0.4 is 5.73 Å². The number of aryl methyl sites for hydroxylation is 1. The van der Waals surface area contributed by atoms with Crippen molar-refractivity contribution < 1.29 is 0 Å². The second-order valence-electron chi connectivity index (χ2n) is 4.41. The summed E-state index contributed by atoms with van der Waals surface area (Å²) in [5.74, 6) is 1.90. The van der Waals surface area contributed by atoms with Crippen molar-refractivity contribution in [3.8, 4) is 0 Å². The molecule has 15 heavy (non-hydrogen) atoms. The van der Waals surface area contributed by atoms with Crippen LogP contribution in [0, 0.1) is 0 Å². The Morgan fingerprint density at radius 2 is 2.20 bits per heavy atom. The zero-order valence-electron chi connectivity index (χ0n) is 9.53. The fourth-order valence-corrected chi connectivity index (χ4v) is 1.63. The molecule has 0 spiro atoms. The van der Waals surface area contributed by atoms with Crippen molar-refractivity contribution in [2.45, 2.75) is 44.9 Å². The Bertz CT molecular complexity index is 345. The van der Waals surface area contributed by atoms with Crippen molar-refractivity contribution in [2.24, 2.45) is 5.73 Å². The van der Waals surface area contributed by atoms with E-state index in [1.165, 1.54) is 18.5 Å². The fraction of sp³-hybridized carbons (Fsp3) is 0.667. The first-order chi connectivity index (χ1) is 7.24. The van der Waals surface area contributed by atoms with Crippen LogP contribution in [0.4, 0.5) is 0 Å². The largest absolute Gasteiger partial charge is 0.330 e. The van der Waals surface area contributed by atoms with Gasteiger partial charge in [-0.1, -0.05) is 13.8 Å². The fourth-order valence-electron chi connectivity index (χ4n) is 1.63. The summed E-state index contributed by atoms with van der Waals surface area (Å²) in [7, 11) is 0. The van der Waals surface area contributed by atoms with Gasteiger partial charge in [-0.05, 0) is 25.3 Å². The zero-order chi connectivity index (χ0) is 10.8. The van der Waals surface area contributed by atoms with Crippen LogP contribution in [0.5, 0.6) is 0 Å². The van der Waals surface area contributed by atoms with E-state index in [0.29, 0.717) is 12.5 Å². The van der Waals surface area contributed by atoms with Crippen molar-refractivity contribution in [1.29, 1.82) is 0 Å². The number of aromatic nitrogens is 2. The molecular weight excluding hydrogens is 186 g/mol. The number of hydrogen-bond donors (Lipinski definition) is 1. The molecule has 1 fully saturated rings. The van der Waals surface area contributed by atoms with E-state index in [-0.39, 0.29) is 5.92 Å². The van der Waals surface area contributed by atoms with Gasteiger partial charge >= 0.3 is 0 Å². The van der Waals surface area contributed by atoms with Crippen LogP contribution in [0.3, 0.4) is 0 Å². The maximum absolute atomic E-state index is 5.66. The molecule has 1 aromatic rings. The molecule has 1 atom stereocenters. The van der Waals surface area contributed by atoms with Crippen LogP contribution in [-0.2, 0) is 6.42 Å². The summed E-state index contributed by atoms with van der Waals surface area (Å²) in [5, 5.41) is 0. The van der Waals surface area contributed by atoms with E-state index in [1.807, 2.05) is 0 Å². The highest BCUT2D eigenvalue weighted by Crippen LogP contribution is 2.39. The third-order valence-electron chi connectivity index (χ3n) is 2.97. The summed E-state index contributed by atoms with van der Waals surface area (Å²) < 4.78 is 0. The Hall–Kier alpha value is -0.960. The normalized spacial score (nSPS) is 17.8. The Kier molecular flexibility index (Phi) is 3.00. The highest BCUT2D eigenvalue weighted by molar-refractivity contribution is 5.20. The second-order valence-corrected chi connectivity index (χ2v) is 4.41. The van der Waals surface area contributed by atoms with Crippen molar-refractivity contribution in [1.82, 2.24) is 9.97 Å². The zero-order valence-corrected chi connectivity index (χ0v) is 9.53. The Morgan fingerprint density at radius 3 is 2.73 bits per heavy atom. The average Bonchev–Trinajstić information content (AvgIpc) is 3.11. The lowest BCUT2D eigenvalue weighted by Crippen LogP contribution is -2.14. The topological polar surface area (TPSA) is 51.8 Å². The molecule has 1 heterocycles. The van der Waals surface area contributed by atoms with E-state index in [4.69, 9.17) is 5.73 Å². The summed E-state index contributed by atoms with van der Waals surface area (Å²) >= 11 is 0. The first-order valence-electron chi connectivity index (χ1n) is 5.82. The van der Waals surface area contributed by atoms with Gasteiger partial charge in [0, 0.05) is 29.8 Å². The van der Waals surface area contributed by atoms with Gasteiger partial charge in [-0.15, -0.1) is 0 Å². The van der Waals surface area contributed by atoms with E-state index >= 15 is 0 Å². The average molecular weight is 205 g/mol. The molecule has 0 amide bonds. The Morgan fingerprint density at radius 1 is 1.47 bits per heavy atom. The molecule has 2 N–H and O–H groups in total. The number of nitrogens with two attached hydrogens (primary N) is 1. The molecule has 82 valence electrons. The summed E-state index contributed by atoms with van der Waals surface area (Å²) in [6.07, 6.45) is 3.56. The predicted molar refractivity (Wildman–Crippen MR) is 60.9 cm³/mol. The summed E-state index contributed by atoms with van der Waals surface area (Å²) in [5.41, 5.74) is 8.05. The number of rotatable bonds is 4. The van der Waals surface area contributed by atoms with Crippen LogP contribution in [0.15, 0.2) is 6.07 Å². The summed E-state index contributed by atoms with van der Waals surface area (Å²) in [6, 6.07) is 2.16. The first kappa shape index (κ1) is 10.6. The van der Waals surface area contributed by atoms with Crippen molar-refractivity contribution in [2.75, 3.05) is 6.54 Å². The van der Waals surface area contributed by atoms with Gasteiger partial charge in [-0.3, -0.25) is 0 Å². The molecule has 3 heteroatoms. The lowest BCUT2D eigenvalue weighted by molar-refractivity contribution is 0.692. The molecule has 0 aromatic carbocycles. The lowest BCUT2D eigenvalue weighted by Gasteiger charge is -2.10. The quantitative estimate of drug-likeness (QED) is 0.817. The smallest absolute Gasteiger partial charge is 0.132 e. The molecular formula is C12H19N3. The minimum Gasteiger partial charge on any atom is -0.330 e. The molecule has 0 saturated heterocycles. The monoisotopic (exact) mass is 205 g/mol. The van der Waals surface area contributed by atoms with Gasteiger partial charge in [0.2, 0.25) is 0 Å². The standard InChI is InChI=1S/C12H19N3/c1-3-10-6-11(9-4-5-9)15-12(14-10)8(2)7-13/h6,8-9H,3-5,7,13H2,1-2H3. The Labute approximate surface area is 91.1 Å². The number of hydrogen-bond acceptors (Lipinski definition) is 3. The van der Waals surface area contributed by atoms with Crippen molar-refractivity contribution in [3.05, 3.63) is 23.3 Å². The highest BCUT2D eigenvalue weighted by atomic mass is 14.9. The molecule has 0 aliphatic heterocycles. The van der Waals surface area contributed by atoms with Gasteiger partial charge in [0.1, 0.15) is 5.82 Å². The summed E-state index contributed by atoms with van der Waals surface area (Å²) in [6.45, 7) is 4.85. The van der Waals surface area contributed by atoms with Crippen LogP contribution in [-0.4, -0.2) is 16.5 Å². The molecule has 1 aromatic heterocycles. The van der Waals surface area contributed by atoms with E-state index in [9.17, 15) is 0 Å². The highest BCUT2D eigenvalue weighted by Gasteiger charge is 2.26. The van der Waals surface area contributed by atoms with Crippen LogP contribution in [0.2, 0.25) is 0 Å². The number of nitrogens with zero attached hydrogens (tertiary/aromatic N) is 2. The molecule has 2 rings (SSSR count). The molecule has 1 unspecified atom stereocenters. The van der Waals surface area contributed by atoms with Gasteiger partial charge in [0.25, 0.3) is 0 Å². The van der Waals surface area contributed by atoms with Gasteiger partial charge in [0.15, 0.2) is 0 Å². The van der Waals surface area contributed by atoms with Gasteiger partial charge in [-0.2, -0.15) is 0 Å². The Balaban J connectivity index is 2.32. The van der Waals surface area contributed by atoms with Gasteiger partial charge < -0.3 is 5.73 Å². The first-order valence-corrected chi connectivity index (χ1v) is 5.82. The predicted octanol–water partition coefficient (Wildman–Crippen LogP) is 1.98. The van der Waals surface area contributed by atoms with Gasteiger partial charge in [0.05, 0.1) is 0 Å². The second kappa shape index (κ2) is 4.27. The van der Waals surface area contributed by atoms with Crippen molar-refractivity contribution in [3.63, 3.8) is 0 Å². The SMILES string of the molecule is CCc1cc(C2CC2)nc(C(C)CN)n1. The van der Waals surface area contributed by atoms with E-state index < -0.39 is 0 Å². The maximum atomic E-state index is 5.66. The van der Waals surface area contributed by atoms with E-state index in [2.05, 4.69) is 29.9 Å². The van der Waals surface area contributed by atoms with Crippen LogP contribution in [0.1, 0.15) is 55.7 Å². The van der Waals surface area contributed by atoms with Gasteiger partial charge in [-0.25, -0.2) is 9.97 Å².